The minimum atomic E-state index is -5.82. The summed E-state index contributed by atoms with van der Waals surface area (Å²) in [7, 11) is -5.82. The molecule has 2 aromatic rings. The molecule has 0 heterocycles. The van der Waals surface area contributed by atoms with Gasteiger partial charge in [0, 0.05) is 0 Å². The lowest BCUT2D eigenvalue weighted by Crippen LogP contribution is -2.28. The van der Waals surface area contributed by atoms with Gasteiger partial charge in [0.05, 0.1) is 5.56 Å². The van der Waals surface area contributed by atoms with Crippen LogP contribution in [-0.4, -0.2) is 13.9 Å². The molecule has 0 fully saturated rings. The van der Waals surface area contributed by atoms with Crippen LogP contribution in [0.1, 0.15) is 5.56 Å². The number of benzene rings is 2. The van der Waals surface area contributed by atoms with Crippen molar-refractivity contribution in [2.24, 2.45) is 0 Å². The largest absolute Gasteiger partial charge is 0.534 e. The molecule has 0 aliphatic heterocycles. The quantitative estimate of drug-likeness (QED) is 0.451. The molecule has 0 saturated heterocycles. The van der Waals surface area contributed by atoms with Crippen molar-refractivity contribution in [3.63, 3.8) is 0 Å². The Balaban J connectivity index is 2.31. The standard InChI is InChI=1S/C14H8F6O3S/c15-13(16,17)11-6-4-9(5-7-11)10-2-1-3-12(8-10)23-24(21,22)14(18,19)20/h1-8H. The van der Waals surface area contributed by atoms with Crippen LogP contribution in [0.5, 0.6) is 5.75 Å². The van der Waals surface area contributed by atoms with Crippen LogP contribution in [0.2, 0.25) is 0 Å². The zero-order chi connectivity index (χ0) is 18.2. The molecule has 0 radical (unpaired) electrons. The van der Waals surface area contributed by atoms with Crippen molar-refractivity contribution >= 4 is 10.1 Å². The molecule has 0 aromatic heterocycles. The summed E-state index contributed by atoms with van der Waals surface area (Å²) in [5.74, 6) is -0.607. The number of alkyl halides is 6. The van der Waals surface area contributed by atoms with Crippen molar-refractivity contribution in [2.45, 2.75) is 11.7 Å². The van der Waals surface area contributed by atoms with Crippen molar-refractivity contribution < 1.29 is 38.9 Å². The SMILES string of the molecule is O=S(=O)(Oc1cccc(-c2ccc(C(F)(F)F)cc2)c1)C(F)(F)F. The number of halogens is 6. The van der Waals surface area contributed by atoms with Gasteiger partial charge in [-0.05, 0) is 35.4 Å². The second-order valence-electron chi connectivity index (χ2n) is 4.59. The van der Waals surface area contributed by atoms with Gasteiger partial charge in [-0.25, -0.2) is 0 Å². The molecule has 0 N–H and O–H groups in total. The lowest BCUT2D eigenvalue weighted by Gasteiger charge is -2.11. The van der Waals surface area contributed by atoms with Gasteiger partial charge in [-0.1, -0.05) is 24.3 Å². The smallest absolute Gasteiger partial charge is 0.376 e. The van der Waals surface area contributed by atoms with E-state index < -0.39 is 33.1 Å². The van der Waals surface area contributed by atoms with E-state index in [0.717, 1.165) is 36.4 Å². The number of hydrogen-bond donors (Lipinski definition) is 0. The second kappa shape index (κ2) is 6.00. The van der Waals surface area contributed by atoms with Crippen molar-refractivity contribution in [3.8, 4) is 16.9 Å². The Kier molecular flexibility index (Phi) is 4.53. The van der Waals surface area contributed by atoms with Gasteiger partial charge in [-0.2, -0.15) is 34.8 Å². The molecule has 10 heteroatoms. The van der Waals surface area contributed by atoms with E-state index in [2.05, 4.69) is 4.18 Å². The molecule has 0 spiro atoms. The fraction of sp³-hybridized carbons (Fsp3) is 0.143. The first-order valence-electron chi connectivity index (χ1n) is 6.18. The first-order valence-corrected chi connectivity index (χ1v) is 7.59. The second-order valence-corrected chi connectivity index (χ2v) is 6.12. The normalized spacial score (nSPS) is 12.9. The molecule has 0 saturated carbocycles. The summed E-state index contributed by atoms with van der Waals surface area (Å²) in [6.45, 7) is 0. The number of rotatable bonds is 3. The highest BCUT2D eigenvalue weighted by atomic mass is 32.2. The van der Waals surface area contributed by atoms with Crippen LogP contribution < -0.4 is 4.18 Å². The summed E-state index contributed by atoms with van der Waals surface area (Å²) in [6, 6.07) is 8.39. The average Bonchev–Trinajstić information content (AvgIpc) is 2.45. The Bertz CT molecular complexity index is 823. The van der Waals surface area contributed by atoms with Gasteiger partial charge in [-0.3, -0.25) is 0 Å². The number of hydrogen-bond acceptors (Lipinski definition) is 3. The van der Waals surface area contributed by atoms with Crippen molar-refractivity contribution in [1.29, 1.82) is 0 Å². The molecular formula is C14H8F6O3S. The molecule has 0 bridgehead atoms. The fourth-order valence-electron chi connectivity index (χ4n) is 1.75. The summed E-state index contributed by atoms with van der Waals surface area (Å²) in [5.41, 5.74) is -6.04. The first kappa shape index (κ1) is 18.1. The summed E-state index contributed by atoms with van der Waals surface area (Å²) in [5, 5.41) is 0. The summed E-state index contributed by atoms with van der Waals surface area (Å²) < 4.78 is 100. The molecule has 0 amide bonds. The molecule has 24 heavy (non-hydrogen) atoms. The third-order valence-electron chi connectivity index (χ3n) is 2.87. The summed E-state index contributed by atoms with van der Waals surface area (Å²) in [4.78, 5) is 0. The van der Waals surface area contributed by atoms with E-state index in [4.69, 9.17) is 0 Å². The van der Waals surface area contributed by atoms with Crippen LogP contribution >= 0.6 is 0 Å². The zero-order valence-corrected chi connectivity index (χ0v) is 12.3. The van der Waals surface area contributed by atoms with Crippen LogP contribution in [0.4, 0.5) is 26.3 Å². The van der Waals surface area contributed by atoms with Gasteiger partial charge in [0.2, 0.25) is 0 Å². The molecular weight excluding hydrogens is 362 g/mol. The molecule has 2 rings (SSSR count). The highest BCUT2D eigenvalue weighted by molar-refractivity contribution is 7.88. The maximum absolute atomic E-state index is 12.5. The predicted octanol–water partition coefficient (Wildman–Crippen LogP) is 4.60. The highest BCUT2D eigenvalue weighted by Crippen LogP contribution is 2.32. The lowest BCUT2D eigenvalue weighted by molar-refractivity contribution is -0.137. The van der Waals surface area contributed by atoms with Gasteiger partial charge in [0.25, 0.3) is 0 Å². The van der Waals surface area contributed by atoms with Gasteiger partial charge >= 0.3 is 21.8 Å². The van der Waals surface area contributed by atoms with E-state index in [1.807, 2.05) is 0 Å². The van der Waals surface area contributed by atoms with Gasteiger partial charge in [0.1, 0.15) is 5.75 Å². The van der Waals surface area contributed by atoms with E-state index in [-0.39, 0.29) is 11.1 Å². The van der Waals surface area contributed by atoms with Crippen LogP contribution in [0.15, 0.2) is 48.5 Å². The van der Waals surface area contributed by atoms with Crippen LogP contribution in [0, 0.1) is 0 Å². The zero-order valence-electron chi connectivity index (χ0n) is 11.5. The first-order chi connectivity index (χ1) is 10.9. The third kappa shape index (κ3) is 3.99. The average molecular weight is 370 g/mol. The fourth-order valence-corrected chi connectivity index (χ4v) is 2.20. The van der Waals surface area contributed by atoms with E-state index in [9.17, 15) is 34.8 Å². The molecule has 0 unspecified atom stereocenters. The van der Waals surface area contributed by atoms with Gasteiger partial charge < -0.3 is 4.18 Å². The summed E-state index contributed by atoms with van der Waals surface area (Å²) >= 11 is 0. The minimum absolute atomic E-state index is 0.193. The van der Waals surface area contributed by atoms with E-state index in [1.54, 1.807) is 0 Å². The van der Waals surface area contributed by atoms with Crippen LogP contribution in [0.25, 0.3) is 11.1 Å². The molecule has 0 aliphatic carbocycles. The van der Waals surface area contributed by atoms with Crippen molar-refractivity contribution in [3.05, 3.63) is 54.1 Å². The van der Waals surface area contributed by atoms with E-state index in [1.165, 1.54) is 12.1 Å². The third-order valence-corrected chi connectivity index (χ3v) is 3.85. The van der Waals surface area contributed by atoms with Crippen LogP contribution in [0.3, 0.4) is 0 Å². The van der Waals surface area contributed by atoms with E-state index >= 15 is 0 Å². The van der Waals surface area contributed by atoms with Gasteiger partial charge in [0.15, 0.2) is 0 Å². The molecule has 2 aromatic carbocycles. The van der Waals surface area contributed by atoms with Gasteiger partial charge in [-0.15, -0.1) is 0 Å². The molecule has 3 nitrogen and oxygen atoms in total. The monoisotopic (exact) mass is 370 g/mol. The Morgan fingerprint density at radius 3 is 1.88 bits per heavy atom. The van der Waals surface area contributed by atoms with E-state index in [0.29, 0.717) is 0 Å². The Hall–Kier alpha value is -2.23. The van der Waals surface area contributed by atoms with Crippen LogP contribution in [-0.2, 0) is 16.3 Å². The highest BCUT2D eigenvalue weighted by Gasteiger charge is 2.48. The molecule has 0 atom stereocenters. The van der Waals surface area contributed by atoms with Crippen molar-refractivity contribution in [2.75, 3.05) is 0 Å². The topological polar surface area (TPSA) is 43.4 Å². The molecule has 0 aliphatic rings. The lowest BCUT2D eigenvalue weighted by atomic mass is 10.0. The maximum Gasteiger partial charge on any atom is 0.534 e. The minimum Gasteiger partial charge on any atom is -0.376 e. The Morgan fingerprint density at radius 1 is 0.792 bits per heavy atom. The maximum atomic E-state index is 12.5. The summed E-state index contributed by atoms with van der Waals surface area (Å²) in [6.07, 6.45) is -4.52. The Morgan fingerprint density at radius 2 is 1.38 bits per heavy atom. The molecule has 130 valence electrons. The Labute approximate surface area is 132 Å². The predicted molar refractivity (Wildman–Crippen MR) is 72.5 cm³/mol. The van der Waals surface area contributed by atoms with Crippen molar-refractivity contribution in [1.82, 2.24) is 0 Å².